The van der Waals surface area contributed by atoms with Crippen LogP contribution in [0.3, 0.4) is 0 Å². The summed E-state index contributed by atoms with van der Waals surface area (Å²) in [4.78, 5) is 35.8. The topological polar surface area (TPSA) is 75.7 Å². The molecule has 1 N–H and O–H groups in total. The van der Waals surface area contributed by atoms with Crippen LogP contribution in [-0.4, -0.2) is 47.4 Å². The summed E-state index contributed by atoms with van der Waals surface area (Å²) in [6.45, 7) is 3.01. The zero-order chi connectivity index (χ0) is 15.9. The number of benzene rings is 1. The monoisotopic (exact) mass is 322 g/mol. The van der Waals surface area contributed by atoms with Gasteiger partial charge in [0.25, 0.3) is 5.24 Å². The van der Waals surface area contributed by atoms with E-state index in [1.54, 1.807) is 0 Å². The number of rotatable bonds is 7. The first-order valence-electron chi connectivity index (χ1n) is 7.05. The van der Waals surface area contributed by atoms with Crippen molar-refractivity contribution in [1.29, 1.82) is 0 Å². The highest BCUT2D eigenvalue weighted by Gasteiger charge is 2.29. The number of hydrogen-bond donors (Lipinski definition) is 1. The summed E-state index contributed by atoms with van der Waals surface area (Å²) in [6, 6.07) is 7.33. The van der Waals surface area contributed by atoms with Gasteiger partial charge in [0.2, 0.25) is 11.8 Å². The van der Waals surface area contributed by atoms with E-state index in [-0.39, 0.29) is 42.3 Å². The van der Waals surface area contributed by atoms with Crippen molar-refractivity contribution < 1.29 is 19.1 Å². The SMILES string of the molecule is CCOc1ccc(CC(=O)NCCN2C(=O)CSC2=O)cc1. The fourth-order valence-electron chi connectivity index (χ4n) is 2.02. The van der Waals surface area contributed by atoms with Gasteiger partial charge in [0.05, 0.1) is 18.8 Å². The summed E-state index contributed by atoms with van der Waals surface area (Å²) >= 11 is 0.993. The number of imide groups is 1. The third kappa shape index (κ3) is 4.49. The molecule has 1 fully saturated rings. The van der Waals surface area contributed by atoms with Crippen molar-refractivity contribution in [3.63, 3.8) is 0 Å². The minimum Gasteiger partial charge on any atom is -0.494 e. The highest BCUT2D eigenvalue weighted by Crippen LogP contribution is 2.17. The Morgan fingerprint density at radius 2 is 2.05 bits per heavy atom. The van der Waals surface area contributed by atoms with Gasteiger partial charge in [0.1, 0.15) is 5.75 Å². The largest absolute Gasteiger partial charge is 0.494 e. The van der Waals surface area contributed by atoms with E-state index in [1.807, 2.05) is 31.2 Å². The van der Waals surface area contributed by atoms with E-state index in [1.165, 1.54) is 4.90 Å². The molecule has 0 unspecified atom stereocenters. The van der Waals surface area contributed by atoms with Gasteiger partial charge in [-0.25, -0.2) is 0 Å². The number of ether oxygens (including phenoxy) is 1. The smallest absolute Gasteiger partial charge is 0.288 e. The Balaban J connectivity index is 1.73. The summed E-state index contributed by atoms with van der Waals surface area (Å²) < 4.78 is 5.34. The second kappa shape index (κ2) is 7.84. The van der Waals surface area contributed by atoms with Crippen molar-refractivity contribution in [3.8, 4) is 5.75 Å². The fraction of sp³-hybridized carbons (Fsp3) is 0.400. The second-order valence-electron chi connectivity index (χ2n) is 4.70. The van der Waals surface area contributed by atoms with Crippen molar-refractivity contribution in [3.05, 3.63) is 29.8 Å². The Labute approximate surface area is 133 Å². The predicted molar refractivity (Wildman–Crippen MR) is 83.9 cm³/mol. The molecule has 118 valence electrons. The van der Waals surface area contributed by atoms with Crippen molar-refractivity contribution in [2.45, 2.75) is 13.3 Å². The Morgan fingerprint density at radius 1 is 1.32 bits per heavy atom. The highest BCUT2D eigenvalue weighted by atomic mass is 32.2. The minimum absolute atomic E-state index is 0.143. The van der Waals surface area contributed by atoms with Crippen LogP contribution in [0, 0.1) is 0 Å². The van der Waals surface area contributed by atoms with E-state index in [0.717, 1.165) is 23.1 Å². The minimum atomic E-state index is -0.245. The van der Waals surface area contributed by atoms with Crippen LogP contribution >= 0.6 is 11.8 Å². The number of amides is 3. The lowest BCUT2D eigenvalue weighted by Crippen LogP contribution is -2.37. The van der Waals surface area contributed by atoms with E-state index in [4.69, 9.17) is 4.74 Å². The molecule has 0 saturated carbocycles. The van der Waals surface area contributed by atoms with Gasteiger partial charge in [-0.2, -0.15) is 0 Å². The zero-order valence-electron chi connectivity index (χ0n) is 12.3. The maximum atomic E-state index is 11.8. The summed E-state index contributed by atoms with van der Waals surface area (Å²) in [5.41, 5.74) is 0.879. The maximum absolute atomic E-state index is 11.8. The molecule has 0 aliphatic carbocycles. The number of thioether (sulfide) groups is 1. The highest BCUT2D eigenvalue weighted by molar-refractivity contribution is 8.14. The molecule has 1 aliphatic heterocycles. The van der Waals surface area contributed by atoms with Crippen LogP contribution in [0.2, 0.25) is 0 Å². The van der Waals surface area contributed by atoms with Crippen LogP contribution in [0.5, 0.6) is 5.75 Å². The first-order valence-corrected chi connectivity index (χ1v) is 8.04. The summed E-state index contributed by atoms with van der Waals surface area (Å²) in [5.74, 6) is 0.626. The summed E-state index contributed by atoms with van der Waals surface area (Å²) in [5, 5.41) is 2.47. The van der Waals surface area contributed by atoms with Crippen LogP contribution in [0.15, 0.2) is 24.3 Å². The van der Waals surface area contributed by atoms with Gasteiger partial charge in [0.15, 0.2) is 0 Å². The fourth-order valence-corrected chi connectivity index (χ4v) is 2.77. The third-order valence-corrected chi connectivity index (χ3v) is 3.96. The molecule has 0 radical (unpaired) electrons. The van der Waals surface area contributed by atoms with Crippen LogP contribution in [0.4, 0.5) is 4.79 Å². The average Bonchev–Trinajstić information content (AvgIpc) is 2.81. The van der Waals surface area contributed by atoms with E-state index in [2.05, 4.69) is 5.32 Å². The number of nitrogens with one attached hydrogen (secondary N) is 1. The van der Waals surface area contributed by atoms with Gasteiger partial charge < -0.3 is 10.1 Å². The van der Waals surface area contributed by atoms with Crippen molar-refractivity contribution in [2.24, 2.45) is 0 Å². The lowest BCUT2D eigenvalue weighted by molar-refractivity contribution is -0.125. The Hall–Kier alpha value is -2.02. The van der Waals surface area contributed by atoms with Gasteiger partial charge >= 0.3 is 0 Å². The molecule has 3 amide bonds. The molecule has 6 nitrogen and oxygen atoms in total. The molecule has 0 spiro atoms. The molecule has 1 aromatic rings. The summed E-state index contributed by atoms with van der Waals surface area (Å²) in [6.07, 6.45) is 0.253. The van der Waals surface area contributed by atoms with Crippen LogP contribution in [-0.2, 0) is 16.0 Å². The normalized spacial score (nSPS) is 14.3. The molecule has 0 aromatic heterocycles. The Kier molecular flexibility index (Phi) is 5.83. The molecule has 0 bridgehead atoms. The summed E-state index contributed by atoms with van der Waals surface area (Å²) in [7, 11) is 0. The number of hydrogen-bond acceptors (Lipinski definition) is 5. The third-order valence-electron chi connectivity index (χ3n) is 3.10. The quantitative estimate of drug-likeness (QED) is 0.822. The van der Waals surface area contributed by atoms with Crippen molar-refractivity contribution >= 4 is 28.8 Å². The molecular weight excluding hydrogens is 304 g/mol. The molecule has 1 heterocycles. The average molecular weight is 322 g/mol. The Bertz CT molecular complexity index is 543. The molecular formula is C15H18N2O4S. The van der Waals surface area contributed by atoms with E-state index >= 15 is 0 Å². The molecule has 1 saturated heterocycles. The van der Waals surface area contributed by atoms with E-state index in [0.29, 0.717) is 6.61 Å². The van der Waals surface area contributed by atoms with Gasteiger partial charge in [-0.1, -0.05) is 23.9 Å². The number of carbonyl (C=O) groups is 3. The van der Waals surface area contributed by atoms with Crippen molar-refractivity contribution in [2.75, 3.05) is 25.4 Å². The van der Waals surface area contributed by atoms with Crippen LogP contribution in [0.25, 0.3) is 0 Å². The van der Waals surface area contributed by atoms with Gasteiger partial charge in [-0.15, -0.1) is 0 Å². The van der Waals surface area contributed by atoms with Gasteiger partial charge in [-0.3, -0.25) is 19.3 Å². The van der Waals surface area contributed by atoms with E-state index < -0.39 is 0 Å². The van der Waals surface area contributed by atoms with Crippen LogP contribution in [0.1, 0.15) is 12.5 Å². The van der Waals surface area contributed by atoms with Crippen molar-refractivity contribution in [1.82, 2.24) is 10.2 Å². The van der Waals surface area contributed by atoms with Crippen LogP contribution < -0.4 is 10.1 Å². The van der Waals surface area contributed by atoms with Gasteiger partial charge in [-0.05, 0) is 24.6 Å². The molecule has 1 aromatic carbocycles. The first kappa shape index (κ1) is 16.4. The van der Waals surface area contributed by atoms with E-state index in [9.17, 15) is 14.4 Å². The molecule has 7 heteroatoms. The second-order valence-corrected chi connectivity index (χ2v) is 5.63. The Morgan fingerprint density at radius 3 is 2.64 bits per heavy atom. The number of nitrogens with zero attached hydrogens (tertiary/aromatic N) is 1. The molecule has 22 heavy (non-hydrogen) atoms. The molecule has 1 aliphatic rings. The standard InChI is InChI=1S/C15H18N2O4S/c1-2-21-12-5-3-11(4-6-12)9-13(18)16-7-8-17-14(19)10-22-15(17)20/h3-6H,2,7-10H2,1H3,(H,16,18). The lowest BCUT2D eigenvalue weighted by atomic mass is 10.1. The lowest BCUT2D eigenvalue weighted by Gasteiger charge is -2.13. The molecule has 0 atom stereocenters. The van der Waals surface area contributed by atoms with Gasteiger partial charge in [0, 0.05) is 13.1 Å². The predicted octanol–water partition coefficient (Wildman–Crippen LogP) is 1.44. The number of carbonyl (C=O) groups excluding carboxylic acids is 3. The first-order chi connectivity index (χ1) is 10.6. The molecule has 2 rings (SSSR count). The maximum Gasteiger partial charge on any atom is 0.288 e. The zero-order valence-corrected chi connectivity index (χ0v) is 13.1.